The van der Waals surface area contributed by atoms with Crippen LogP contribution >= 0.6 is 0 Å². The summed E-state index contributed by atoms with van der Waals surface area (Å²) < 4.78 is 28.0. The first-order chi connectivity index (χ1) is 8.45. The van der Waals surface area contributed by atoms with E-state index in [4.69, 9.17) is 15.6 Å². The first kappa shape index (κ1) is 13.1. The van der Waals surface area contributed by atoms with Crippen molar-refractivity contribution in [1.29, 1.82) is 0 Å². The minimum absolute atomic E-state index is 0.0114. The Morgan fingerprint density at radius 3 is 2.78 bits per heavy atom. The molecule has 0 radical (unpaired) electrons. The number of anilines is 2. The number of benzene rings is 1. The summed E-state index contributed by atoms with van der Waals surface area (Å²) in [5, 5.41) is 8.19. The van der Waals surface area contributed by atoms with Crippen LogP contribution in [0.25, 0.3) is 0 Å². The van der Waals surface area contributed by atoms with E-state index >= 15 is 0 Å². The van der Waals surface area contributed by atoms with Crippen LogP contribution in [0.1, 0.15) is 12.8 Å². The molecular weight excluding hydrogens is 254 g/mol. The number of nitrogens with two attached hydrogens (primary N) is 2. The Bertz CT molecular complexity index is 524. The summed E-state index contributed by atoms with van der Waals surface area (Å²) in [6.07, 6.45) is 2.24. The highest BCUT2D eigenvalue weighted by Crippen LogP contribution is 2.20. The lowest BCUT2D eigenvalue weighted by Crippen LogP contribution is -2.19. The van der Waals surface area contributed by atoms with Gasteiger partial charge in [-0.1, -0.05) is 0 Å². The maximum absolute atomic E-state index is 11.3. The van der Waals surface area contributed by atoms with Gasteiger partial charge < -0.3 is 15.8 Å². The normalized spacial score (nSPS) is 19.9. The average Bonchev–Trinajstić information content (AvgIpc) is 2.77. The second-order valence-electron chi connectivity index (χ2n) is 4.35. The first-order valence-electron chi connectivity index (χ1n) is 5.74. The maximum Gasteiger partial charge on any atom is 0.238 e. The smallest absolute Gasteiger partial charge is 0.238 e. The van der Waals surface area contributed by atoms with Crippen LogP contribution in [0.5, 0.6) is 0 Å². The van der Waals surface area contributed by atoms with Crippen molar-refractivity contribution in [3.8, 4) is 0 Å². The van der Waals surface area contributed by atoms with E-state index in [1.54, 1.807) is 6.07 Å². The molecule has 0 saturated carbocycles. The number of rotatable bonds is 4. The summed E-state index contributed by atoms with van der Waals surface area (Å²) in [6, 6.07) is 4.48. The molecule has 5 N–H and O–H groups in total. The Labute approximate surface area is 106 Å². The highest BCUT2D eigenvalue weighted by molar-refractivity contribution is 7.89. The van der Waals surface area contributed by atoms with Gasteiger partial charge in [0.2, 0.25) is 10.0 Å². The number of primary sulfonamides is 1. The number of nitrogen functional groups attached to an aromatic ring is 1. The molecule has 1 fully saturated rings. The fourth-order valence-corrected chi connectivity index (χ4v) is 2.52. The molecular formula is C11H17N3O3S. The molecule has 0 bridgehead atoms. The molecule has 100 valence electrons. The number of hydrogen-bond donors (Lipinski definition) is 3. The zero-order valence-corrected chi connectivity index (χ0v) is 10.7. The third kappa shape index (κ3) is 3.34. The van der Waals surface area contributed by atoms with Gasteiger partial charge in [-0.15, -0.1) is 0 Å². The summed E-state index contributed by atoms with van der Waals surface area (Å²) in [6.45, 7) is 1.42. The fraction of sp³-hybridized carbons (Fsp3) is 0.455. The predicted molar refractivity (Wildman–Crippen MR) is 69.7 cm³/mol. The molecule has 0 amide bonds. The lowest BCUT2D eigenvalue weighted by atomic mass is 10.2. The third-order valence-electron chi connectivity index (χ3n) is 2.82. The van der Waals surface area contributed by atoms with Gasteiger partial charge in [0.25, 0.3) is 0 Å². The van der Waals surface area contributed by atoms with Crippen molar-refractivity contribution in [1.82, 2.24) is 0 Å². The Hall–Kier alpha value is -1.31. The molecule has 0 spiro atoms. The topological polar surface area (TPSA) is 107 Å². The monoisotopic (exact) mass is 271 g/mol. The van der Waals surface area contributed by atoms with Crippen molar-refractivity contribution in [3.63, 3.8) is 0 Å². The molecule has 2 rings (SSSR count). The van der Waals surface area contributed by atoms with Gasteiger partial charge in [0, 0.05) is 24.5 Å². The molecule has 1 aliphatic heterocycles. The number of hydrogen-bond acceptors (Lipinski definition) is 5. The zero-order chi connectivity index (χ0) is 13.2. The lowest BCUT2D eigenvalue weighted by Gasteiger charge is -2.13. The molecule has 1 aromatic rings. The Balaban J connectivity index is 2.10. The van der Waals surface area contributed by atoms with E-state index in [1.807, 2.05) is 0 Å². The highest BCUT2D eigenvalue weighted by Gasteiger charge is 2.15. The molecule has 1 unspecified atom stereocenters. The molecule has 7 heteroatoms. The van der Waals surface area contributed by atoms with E-state index in [0.717, 1.165) is 19.4 Å². The quantitative estimate of drug-likeness (QED) is 0.691. The van der Waals surface area contributed by atoms with E-state index in [-0.39, 0.29) is 11.0 Å². The van der Waals surface area contributed by atoms with Gasteiger partial charge in [0.15, 0.2) is 0 Å². The van der Waals surface area contributed by atoms with Crippen LogP contribution in [0.3, 0.4) is 0 Å². The number of nitrogens with one attached hydrogen (secondary N) is 1. The second kappa shape index (κ2) is 5.13. The summed E-state index contributed by atoms with van der Waals surface area (Å²) >= 11 is 0. The maximum atomic E-state index is 11.3. The molecule has 0 aliphatic carbocycles. The molecule has 1 saturated heterocycles. The lowest BCUT2D eigenvalue weighted by molar-refractivity contribution is 0.120. The van der Waals surface area contributed by atoms with Crippen molar-refractivity contribution in [3.05, 3.63) is 18.2 Å². The number of sulfonamides is 1. The van der Waals surface area contributed by atoms with Gasteiger partial charge in [-0.2, -0.15) is 0 Å². The van der Waals surface area contributed by atoms with Gasteiger partial charge in [-0.3, -0.25) is 0 Å². The third-order valence-corrected chi connectivity index (χ3v) is 3.71. The largest absolute Gasteiger partial charge is 0.399 e. The molecule has 6 nitrogen and oxygen atoms in total. The van der Waals surface area contributed by atoms with E-state index in [9.17, 15) is 8.42 Å². The van der Waals surface area contributed by atoms with E-state index in [0.29, 0.717) is 17.9 Å². The van der Waals surface area contributed by atoms with Gasteiger partial charge in [-0.25, -0.2) is 13.6 Å². The zero-order valence-electron chi connectivity index (χ0n) is 9.93. The molecule has 1 aliphatic rings. The molecule has 1 atom stereocenters. The van der Waals surface area contributed by atoms with Crippen LogP contribution in [-0.2, 0) is 14.8 Å². The van der Waals surface area contributed by atoms with E-state index in [2.05, 4.69) is 5.32 Å². The van der Waals surface area contributed by atoms with Crippen LogP contribution in [0, 0.1) is 0 Å². The van der Waals surface area contributed by atoms with Crippen molar-refractivity contribution in [2.75, 3.05) is 24.2 Å². The van der Waals surface area contributed by atoms with Crippen molar-refractivity contribution >= 4 is 21.4 Å². The van der Waals surface area contributed by atoms with Crippen LogP contribution in [0.2, 0.25) is 0 Å². The minimum Gasteiger partial charge on any atom is -0.399 e. The van der Waals surface area contributed by atoms with Crippen molar-refractivity contribution in [2.45, 2.75) is 23.8 Å². The molecule has 1 aromatic carbocycles. The van der Waals surface area contributed by atoms with Gasteiger partial charge >= 0.3 is 0 Å². The van der Waals surface area contributed by atoms with Crippen LogP contribution < -0.4 is 16.2 Å². The Morgan fingerprint density at radius 2 is 2.17 bits per heavy atom. The fourth-order valence-electron chi connectivity index (χ4n) is 1.93. The minimum atomic E-state index is -3.74. The van der Waals surface area contributed by atoms with E-state index < -0.39 is 10.0 Å². The van der Waals surface area contributed by atoms with Crippen molar-refractivity contribution < 1.29 is 13.2 Å². The highest BCUT2D eigenvalue weighted by atomic mass is 32.2. The summed E-state index contributed by atoms with van der Waals surface area (Å²) in [7, 11) is -3.74. The number of ether oxygens (including phenoxy) is 1. The summed E-state index contributed by atoms with van der Waals surface area (Å²) in [5.74, 6) is 0. The summed E-state index contributed by atoms with van der Waals surface area (Å²) in [5.41, 5.74) is 6.64. The standard InChI is InChI=1S/C11H17N3O3S/c12-8-4-9(6-11(5-8)18(13,15)16)14-7-10-2-1-3-17-10/h4-6,10,14H,1-3,7,12H2,(H2,13,15,16). The van der Waals surface area contributed by atoms with Gasteiger partial charge in [-0.05, 0) is 31.0 Å². The predicted octanol–water partition coefficient (Wildman–Crippen LogP) is 0.507. The summed E-state index contributed by atoms with van der Waals surface area (Å²) in [4.78, 5) is 0.0114. The van der Waals surface area contributed by atoms with Crippen LogP contribution in [-0.4, -0.2) is 27.7 Å². The first-order valence-corrected chi connectivity index (χ1v) is 7.28. The Morgan fingerprint density at radius 1 is 1.39 bits per heavy atom. The SMILES string of the molecule is Nc1cc(NCC2CCCO2)cc(S(N)(=O)=O)c1. The van der Waals surface area contributed by atoms with Crippen LogP contribution in [0.15, 0.2) is 23.1 Å². The molecule has 18 heavy (non-hydrogen) atoms. The van der Waals surface area contributed by atoms with Crippen molar-refractivity contribution in [2.24, 2.45) is 5.14 Å². The van der Waals surface area contributed by atoms with E-state index in [1.165, 1.54) is 12.1 Å². The average molecular weight is 271 g/mol. The van der Waals surface area contributed by atoms with Crippen LogP contribution in [0.4, 0.5) is 11.4 Å². The van der Waals surface area contributed by atoms with Gasteiger partial charge in [0.1, 0.15) is 0 Å². The molecule has 1 heterocycles. The van der Waals surface area contributed by atoms with Gasteiger partial charge in [0.05, 0.1) is 11.0 Å². The second-order valence-corrected chi connectivity index (χ2v) is 5.91. The molecule has 0 aromatic heterocycles. The Kier molecular flexibility index (Phi) is 3.74.